The van der Waals surface area contributed by atoms with E-state index in [0.29, 0.717) is 12.0 Å². The van der Waals surface area contributed by atoms with E-state index in [1.165, 1.54) is 23.8 Å². The van der Waals surface area contributed by atoms with Gasteiger partial charge in [0.15, 0.2) is 0 Å². The number of carbonyl (C=O) groups excluding carboxylic acids is 1. The number of ether oxygens (including phenoxy) is 2. The fourth-order valence-electron chi connectivity index (χ4n) is 4.30. The normalized spacial score (nSPS) is 19.8. The molecular weight excluding hydrogens is 422 g/mol. The van der Waals surface area contributed by atoms with Gasteiger partial charge in [-0.2, -0.15) is 5.26 Å². The zero-order chi connectivity index (χ0) is 22.7. The van der Waals surface area contributed by atoms with Gasteiger partial charge >= 0.3 is 5.97 Å². The lowest BCUT2D eigenvalue weighted by molar-refractivity contribution is -0.139. The summed E-state index contributed by atoms with van der Waals surface area (Å²) in [6.07, 6.45) is 8.40. The quantitative estimate of drug-likeness (QED) is 0.623. The van der Waals surface area contributed by atoms with Crippen molar-refractivity contribution in [2.24, 2.45) is 0 Å². The minimum Gasteiger partial charge on any atom is -0.468 e. The molecule has 6 nitrogen and oxygen atoms in total. The van der Waals surface area contributed by atoms with Gasteiger partial charge < -0.3 is 14.8 Å². The van der Waals surface area contributed by atoms with Crippen LogP contribution in [0.3, 0.4) is 0 Å². The Morgan fingerprint density at radius 2 is 2.25 bits per heavy atom. The van der Waals surface area contributed by atoms with Crippen LogP contribution in [0.1, 0.15) is 48.9 Å². The smallest absolute Gasteiger partial charge is 0.319 e. The summed E-state index contributed by atoms with van der Waals surface area (Å²) in [5.74, 6) is -0.256. The molecule has 2 aliphatic rings. The first-order chi connectivity index (χ1) is 15.5. The first-order valence-electron chi connectivity index (χ1n) is 10.9. The highest BCUT2D eigenvalue weighted by Gasteiger charge is 2.26. The summed E-state index contributed by atoms with van der Waals surface area (Å²) in [5.41, 5.74) is 5.36. The third-order valence-electron chi connectivity index (χ3n) is 5.78. The minimum absolute atomic E-state index is 0.0734. The van der Waals surface area contributed by atoms with Gasteiger partial charge in [-0.1, -0.05) is 24.3 Å². The second kappa shape index (κ2) is 9.78. The number of hydrogen-bond donors (Lipinski definition) is 1. The Labute approximate surface area is 192 Å². The molecule has 166 valence electrons. The Bertz CT molecular complexity index is 1110. The summed E-state index contributed by atoms with van der Waals surface area (Å²) >= 11 is 1.64. The number of carbonyl (C=O) groups is 1. The van der Waals surface area contributed by atoms with Gasteiger partial charge in [-0.05, 0) is 55.9 Å². The fourth-order valence-corrected chi connectivity index (χ4v) is 5.28. The molecule has 0 saturated carbocycles. The standard InChI is InChI=1S/C25H27N3O3S/c1-15(2)31-22-10-7-16(11-17(22)12-26)25-28-13-23(32-25)20-6-4-5-19-18(20)8-9-21(19)27-14-24(29)30-3/h4-7,11,13,15,21-22,27H,8-10,14H2,1-3H3/t21-,22?/m0/s1. The lowest BCUT2D eigenvalue weighted by atomic mass is 9.97. The van der Waals surface area contributed by atoms with Crippen LogP contribution in [-0.4, -0.2) is 36.8 Å². The van der Waals surface area contributed by atoms with E-state index in [2.05, 4.69) is 40.6 Å². The van der Waals surface area contributed by atoms with E-state index in [1.807, 2.05) is 26.1 Å². The number of nitrogens with zero attached hydrogens (tertiary/aromatic N) is 2. The molecule has 0 amide bonds. The van der Waals surface area contributed by atoms with E-state index in [-0.39, 0.29) is 30.8 Å². The average molecular weight is 450 g/mol. The van der Waals surface area contributed by atoms with Crippen molar-refractivity contribution in [3.63, 3.8) is 0 Å². The van der Waals surface area contributed by atoms with Crippen LogP contribution in [0.5, 0.6) is 0 Å². The number of benzene rings is 1. The molecule has 1 heterocycles. The molecular formula is C25H27N3O3S. The number of thiazole rings is 1. The van der Waals surface area contributed by atoms with E-state index in [9.17, 15) is 10.1 Å². The van der Waals surface area contributed by atoms with Crippen LogP contribution >= 0.6 is 11.3 Å². The summed E-state index contributed by atoms with van der Waals surface area (Å²) in [6, 6.07) is 8.77. The maximum atomic E-state index is 11.5. The van der Waals surface area contributed by atoms with E-state index >= 15 is 0 Å². The van der Waals surface area contributed by atoms with Gasteiger partial charge in [0.2, 0.25) is 0 Å². The van der Waals surface area contributed by atoms with Crippen molar-refractivity contribution < 1.29 is 14.3 Å². The predicted octanol–water partition coefficient (Wildman–Crippen LogP) is 4.59. The number of esters is 1. The minimum atomic E-state index is -0.256. The lowest BCUT2D eigenvalue weighted by Crippen LogP contribution is -2.27. The van der Waals surface area contributed by atoms with Crippen LogP contribution in [0.15, 0.2) is 42.1 Å². The van der Waals surface area contributed by atoms with Gasteiger partial charge in [-0.25, -0.2) is 4.98 Å². The Hall–Kier alpha value is -2.79. The van der Waals surface area contributed by atoms with E-state index in [1.54, 1.807) is 11.3 Å². The molecule has 0 spiro atoms. The zero-order valence-electron chi connectivity index (χ0n) is 18.6. The van der Waals surface area contributed by atoms with E-state index in [4.69, 9.17) is 9.47 Å². The Kier molecular flexibility index (Phi) is 6.85. The van der Waals surface area contributed by atoms with Gasteiger partial charge in [0.1, 0.15) is 5.01 Å². The molecule has 2 aliphatic carbocycles. The lowest BCUT2D eigenvalue weighted by Gasteiger charge is -2.21. The number of allylic oxidation sites excluding steroid dienone is 2. The van der Waals surface area contributed by atoms with Crippen LogP contribution in [0.2, 0.25) is 0 Å². The molecule has 4 rings (SSSR count). The van der Waals surface area contributed by atoms with E-state index < -0.39 is 0 Å². The molecule has 2 aromatic rings. The van der Waals surface area contributed by atoms with Crippen molar-refractivity contribution in [3.05, 3.63) is 58.3 Å². The summed E-state index contributed by atoms with van der Waals surface area (Å²) in [5, 5.41) is 13.8. The SMILES string of the molecule is COC(=O)CN[C@H]1CCc2c(-c3cnc(C4=CCC(OC(C)C)C(C#N)=C4)s3)cccc21. The Morgan fingerprint density at radius 1 is 1.41 bits per heavy atom. The summed E-state index contributed by atoms with van der Waals surface area (Å²) < 4.78 is 10.6. The molecule has 1 unspecified atom stereocenters. The van der Waals surface area contributed by atoms with Crippen molar-refractivity contribution in [1.82, 2.24) is 10.3 Å². The van der Waals surface area contributed by atoms with Gasteiger partial charge in [0, 0.05) is 17.8 Å². The highest BCUT2D eigenvalue weighted by Crippen LogP contribution is 2.41. The predicted molar refractivity (Wildman–Crippen MR) is 125 cm³/mol. The van der Waals surface area contributed by atoms with Gasteiger partial charge in [-0.3, -0.25) is 4.79 Å². The highest BCUT2D eigenvalue weighted by atomic mass is 32.1. The van der Waals surface area contributed by atoms with Crippen molar-refractivity contribution in [2.45, 2.75) is 51.4 Å². The molecule has 1 aromatic heterocycles. The number of fused-ring (bicyclic) bond motifs is 1. The third-order valence-corrected chi connectivity index (χ3v) is 6.86. The molecule has 1 aromatic carbocycles. The molecule has 1 N–H and O–H groups in total. The maximum Gasteiger partial charge on any atom is 0.319 e. The number of rotatable bonds is 7. The number of hydrogen-bond acceptors (Lipinski definition) is 7. The molecule has 7 heteroatoms. The van der Waals surface area contributed by atoms with Gasteiger partial charge in [0.25, 0.3) is 0 Å². The first kappa shape index (κ1) is 22.4. The maximum absolute atomic E-state index is 11.5. The fraction of sp³-hybridized carbons (Fsp3) is 0.400. The van der Waals surface area contributed by atoms with Crippen LogP contribution in [0, 0.1) is 11.3 Å². The molecule has 2 atom stereocenters. The second-order valence-electron chi connectivity index (χ2n) is 8.23. The molecule has 32 heavy (non-hydrogen) atoms. The van der Waals surface area contributed by atoms with Crippen LogP contribution in [0.25, 0.3) is 16.0 Å². The molecule has 0 aliphatic heterocycles. The van der Waals surface area contributed by atoms with Crippen LogP contribution < -0.4 is 5.32 Å². The van der Waals surface area contributed by atoms with Crippen LogP contribution in [-0.2, 0) is 20.7 Å². The Balaban J connectivity index is 1.55. The summed E-state index contributed by atoms with van der Waals surface area (Å²) in [7, 11) is 1.40. The van der Waals surface area contributed by atoms with Crippen molar-refractivity contribution >= 4 is 22.9 Å². The largest absolute Gasteiger partial charge is 0.468 e. The monoisotopic (exact) mass is 449 g/mol. The summed E-state index contributed by atoms with van der Waals surface area (Å²) in [4.78, 5) is 17.3. The van der Waals surface area contributed by atoms with Gasteiger partial charge in [-0.15, -0.1) is 11.3 Å². The van der Waals surface area contributed by atoms with Crippen molar-refractivity contribution in [2.75, 3.05) is 13.7 Å². The number of aromatic nitrogens is 1. The molecule has 0 radical (unpaired) electrons. The zero-order valence-corrected chi connectivity index (χ0v) is 19.4. The molecule has 0 bridgehead atoms. The van der Waals surface area contributed by atoms with Gasteiger partial charge in [0.05, 0.1) is 42.4 Å². The van der Waals surface area contributed by atoms with E-state index in [0.717, 1.165) is 28.3 Å². The number of nitriles is 1. The van der Waals surface area contributed by atoms with Crippen LogP contribution in [0.4, 0.5) is 0 Å². The number of nitrogens with one attached hydrogen (secondary N) is 1. The molecule has 0 fully saturated rings. The Morgan fingerprint density at radius 3 is 3.00 bits per heavy atom. The second-order valence-corrected chi connectivity index (χ2v) is 9.26. The first-order valence-corrected chi connectivity index (χ1v) is 11.7. The third kappa shape index (κ3) is 4.68. The summed E-state index contributed by atoms with van der Waals surface area (Å²) in [6.45, 7) is 4.17. The average Bonchev–Trinajstić information content (AvgIpc) is 3.44. The topological polar surface area (TPSA) is 84.2 Å². The molecule has 0 saturated heterocycles. The van der Waals surface area contributed by atoms with Crippen molar-refractivity contribution in [3.8, 4) is 16.5 Å². The number of methoxy groups -OCH3 is 1. The highest BCUT2D eigenvalue weighted by molar-refractivity contribution is 7.16. The van der Waals surface area contributed by atoms with Crippen molar-refractivity contribution in [1.29, 1.82) is 5.26 Å².